The van der Waals surface area contributed by atoms with Gasteiger partial charge in [0.1, 0.15) is 17.0 Å². The quantitative estimate of drug-likeness (QED) is 0.240. The first-order valence-electron chi connectivity index (χ1n) is 12.4. The molecule has 210 valence electrons. The van der Waals surface area contributed by atoms with Crippen LogP contribution in [0.4, 0.5) is 0 Å². The lowest BCUT2D eigenvalue weighted by Gasteiger charge is -2.27. The van der Waals surface area contributed by atoms with Gasteiger partial charge in [-0.05, 0) is 65.0 Å². The molecule has 0 aliphatic carbocycles. The minimum Gasteiger partial charge on any atom is -0.459 e. The highest BCUT2D eigenvalue weighted by Crippen LogP contribution is 2.54. The zero-order valence-electron chi connectivity index (χ0n) is 22.8. The summed E-state index contributed by atoms with van der Waals surface area (Å²) < 4.78 is 41.0. The van der Waals surface area contributed by atoms with E-state index in [0.717, 1.165) is 0 Å². The molecule has 0 aliphatic rings. The van der Waals surface area contributed by atoms with Gasteiger partial charge in [0.25, 0.3) is 5.91 Å². The molecule has 0 fully saturated rings. The molecule has 13 heteroatoms. The summed E-state index contributed by atoms with van der Waals surface area (Å²) in [5, 5.41) is 6.51. The highest BCUT2D eigenvalue weighted by molar-refractivity contribution is 7.55. The van der Waals surface area contributed by atoms with Crippen LogP contribution in [0.3, 0.4) is 0 Å². The van der Waals surface area contributed by atoms with Crippen molar-refractivity contribution in [1.29, 1.82) is 0 Å². The Bertz CT molecular complexity index is 1310. The van der Waals surface area contributed by atoms with E-state index in [9.17, 15) is 14.2 Å². The standard InChI is InChI=1S/C26H33N4O8P/c1-7-34-39(33,35-8-2)20(25(32)37-26(3,4)5)16-22-29-23(30-38-22)17-12-14-18(15-13-17)36-21-11-9-10-19(28-21)24(31)27-6/h9-15,20H,7-8,16H2,1-6H3,(H,27,31). The van der Waals surface area contributed by atoms with E-state index in [1.54, 1.807) is 77.1 Å². The lowest BCUT2D eigenvalue weighted by molar-refractivity contribution is -0.154. The normalized spacial score (nSPS) is 12.6. The molecule has 0 saturated heterocycles. The van der Waals surface area contributed by atoms with E-state index in [-0.39, 0.29) is 48.8 Å². The number of rotatable bonds is 12. The molecule has 1 unspecified atom stereocenters. The van der Waals surface area contributed by atoms with Gasteiger partial charge >= 0.3 is 13.6 Å². The Labute approximate surface area is 226 Å². The van der Waals surface area contributed by atoms with E-state index in [0.29, 0.717) is 11.3 Å². The van der Waals surface area contributed by atoms with Gasteiger partial charge in [-0.3, -0.25) is 14.2 Å². The lowest BCUT2D eigenvalue weighted by atomic mass is 10.2. The van der Waals surface area contributed by atoms with Crippen LogP contribution < -0.4 is 10.1 Å². The maximum Gasteiger partial charge on any atom is 0.345 e. The molecule has 1 N–H and O–H groups in total. The maximum absolute atomic E-state index is 13.5. The Morgan fingerprint density at radius 3 is 2.28 bits per heavy atom. The number of nitrogens with one attached hydrogen (secondary N) is 1. The van der Waals surface area contributed by atoms with E-state index < -0.39 is 24.8 Å². The summed E-state index contributed by atoms with van der Waals surface area (Å²) in [6.07, 6.45) is -0.201. The summed E-state index contributed by atoms with van der Waals surface area (Å²) in [5.41, 5.74) is -1.27. The minimum atomic E-state index is -3.90. The van der Waals surface area contributed by atoms with Gasteiger partial charge in [-0.1, -0.05) is 11.2 Å². The first kappa shape index (κ1) is 29.9. The van der Waals surface area contributed by atoms with Gasteiger partial charge in [0.05, 0.1) is 19.6 Å². The van der Waals surface area contributed by atoms with Gasteiger partial charge in [0.2, 0.25) is 17.6 Å². The number of hydrogen-bond acceptors (Lipinski definition) is 11. The van der Waals surface area contributed by atoms with Gasteiger partial charge in [-0.15, -0.1) is 0 Å². The topological polar surface area (TPSA) is 152 Å². The Morgan fingerprint density at radius 1 is 1.03 bits per heavy atom. The molecule has 1 amide bonds. The summed E-state index contributed by atoms with van der Waals surface area (Å²) in [6.45, 7) is 8.59. The molecule has 0 radical (unpaired) electrons. The number of aromatic nitrogens is 3. The van der Waals surface area contributed by atoms with Crippen molar-refractivity contribution in [3.63, 3.8) is 0 Å². The molecular formula is C26H33N4O8P. The number of pyridine rings is 1. The smallest absolute Gasteiger partial charge is 0.345 e. The monoisotopic (exact) mass is 560 g/mol. The number of carbonyl (C=O) groups excluding carboxylic acids is 2. The Morgan fingerprint density at radius 2 is 1.69 bits per heavy atom. The molecule has 1 aromatic carbocycles. The van der Waals surface area contributed by atoms with Crippen LogP contribution in [0.25, 0.3) is 11.4 Å². The predicted molar refractivity (Wildman–Crippen MR) is 142 cm³/mol. The number of amides is 1. The fourth-order valence-corrected chi connectivity index (χ4v) is 5.26. The second kappa shape index (κ2) is 13.0. The molecule has 0 saturated carbocycles. The molecule has 2 heterocycles. The second-order valence-electron chi connectivity index (χ2n) is 9.21. The SMILES string of the molecule is CCOP(=O)(OCC)C(Cc1nc(-c2ccc(Oc3cccc(C(=O)NC)n3)cc2)no1)C(=O)OC(C)(C)C. The first-order chi connectivity index (χ1) is 18.5. The molecule has 3 aromatic rings. The van der Waals surface area contributed by atoms with Crippen LogP contribution in [-0.4, -0.2) is 58.5 Å². The number of esters is 1. The van der Waals surface area contributed by atoms with Crippen LogP contribution in [0.2, 0.25) is 0 Å². The number of ether oxygens (including phenoxy) is 2. The number of carbonyl (C=O) groups is 2. The summed E-state index contributed by atoms with van der Waals surface area (Å²) in [5.74, 6) is -0.0206. The molecule has 1 atom stereocenters. The van der Waals surface area contributed by atoms with Gasteiger partial charge in [0.15, 0.2) is 5.66 Å². The molecule has 39 heavy (non-hydrogen) atoms. The molecule has 0 aliphatic heterocycles. The van der Waals surface area contributed by atoms with Gasteiger partial charge in [-0.25, -0.2) is 4.98 Å². The van der Waals surface area contributed by atoms with Crippen molar-refractivity contribution in [2.75, 3.05) is 20.3 Å². The zero-order valence-corrected chi connectivity index (χ0v) is 23.7. The highest BCUT2D eigenvalue weighted by atomic mass is 31.2. The predicted octanol–water partition coefficient (Wildman–Crippen LogP) is 4.80. The molecular weight excluding hydrogens is 527 g/mol. The van der Waals surface area contributed by atoms with Gasteiger partial charge in [-0.2, -0.15) is 4.98 Å². The van der Waals surface area contributed by atoms with Crippen LogP contribution in [0.1, 0.15) is 51.0 Å². The first-order valence-corrected chi connectivity index (χ1v) is 14.0. The van der Waals surface area contributed by atoms with E-state index in [1.807, 2.05) is 0 Å². The zero-order chi connectivity index (χ0) is 28.6. The summed E-state index contributed by atoms with van der Waals surface area (Å²) in [6, 6.07) is 11.7. The minimum absolute atomic E-state index is 0.0658. The van der Waals surface area contributed by atoms with Crippen LogP contribution >= 0.6 is 7.60 Å². The van der Waals surface area contributed by atoms with Crippen molar-refractivity contribution >= 4 is 19.5 Å². The maximum atomic E-state index is 13.5. The van der Waals surface area contributed by atoms with Crippen molar-refractivity contribution < 1.29 is 37.2 Å². The van der Waals surface area contributed by atoms with Crippen LogP contribution in [0.15, 0.2) is 47.0 Å². The molecule has 3 rings (SSSR count). The Hall–Kier alpha value is -3.60. The summed E-state index contributed by atoms with van der Waals surface area (Å²) in [4.78, 5) is 33.4. The van der Waals surface area contributed by atoms with Crippen molar-refractivity contribution in [2.45, 2.75) is 52.3 Å². The van der Waals surface area contributed by atoms with E-state index in [1.165, 1.54) is 7.05 Å². The van der Waals surface area contributed by atoms with E-state index >= 15 is 0 Å². The largest absolute Gasteiger partial charge is 0.459 e. The fraction of sp³-hybridized carbons (Fsp3) is 0.423. The molecule has 2 aromatic heterocycles. The van der Waals surface area contributed by atoms with E-state index in [2.05, 4.69) is 20.4 Å². The Kier molecular flexibility index (Phi) is 9.96. The molecule has 0 bridgehead atoms. The van der Waals surface area contributed by atoms with Crippen molar-refractivity contribution in [3.05, 3.63) is 54.0 Å². The van der Waals surface area contributed by atoms with Gasteiger partial charge < -0.3 is 28.4 Å². The summed E-state index contributed by atoms with van der Waals surface area (Å²) in [7, 11) is -2.38. The van der Waals surface area contributed by atoms with E-state index in [4.69, 9.17) is 23.0 Å². The number of hydrogen-bond donors (Lipinski definition) is 1. The van der Waals surface area contributed by atoms with Crippen LogP contribution in [0, 0.1) is 0 Å². The lowest BCUT2D eigenvalue weighted by Crippen LogP contribution is -2.34. The number of benzene rings is 1. The average molecular weight is 561 g/mol. The van der Waals surface area contributed by atoms with Gasteiger partial charge in [0, 0.05) is 18.7 Å². The van der Waals surface area contributed by atoms with Crippen molar-refractivity contribution in [1.82, 2.24) is 20.4 Å². The Balaban J connectivity index is 1.78. The average Bonchev–Trinajstić information content (AvgIpc) is 3.35. The van der Waals surface area contributed by atoms with Crippen molar-refractivity contribution in [2.24, 2.45) is 0 Å². The third-order valence-electron chi connectivity index (χ3n) is 5.03. The highest BCUT2D eigenvalue weighted by Gasteiger charge is 2.44. The van der Waals surface area contributed by atoms with Crippen LogP contribution in [-0.2, 0) is 29.6 Å². The van der Waals surface area contributed by atoms with Crippen LogP contribution in [0.5, 0.6) is 11.6 Å². The fourth-order valence-electron chi connectivity index (χ4n) is 3.41. The third-order valence-corrected chi connectivity index (χ3v) is 7.43. The summed E-state index contributed by atoms with van der Waals surface area (Å²) >= 11 is 0. The third kappa shape index (κ3) is 8.19. The molecule has 0 spiro atoms. The number of nitrogens with zero attached hydrogens (tertiary/aromatic N) is 3. The molecule has 12 nitrogen and oxygen atoms in total. The van der Waals surface area contributed by atoms with Crippen molar-refractivity contribution in [3.8, 4) is 23.0 Å². The second-order valence-corrected chi connectivity index (χ2v) is 11.4.